The Balaban J connectivity index is 1.83. The maximum Gasteiger partial charge on any atom is 0.251 e. The van der Waals surface area contributed by atoms with Gasteiger partial charge in [0.05, 0.1) is 21.3 Å². The number of rotatable bonds is 7. The van der Waals surface area contributed by atoms with Crippen molar-refractivity contribution in [2.24, 2.45) is 0 Å². The molecule has 0 bridgehead atoms. The van der Waals surface area contributed by atoms with E-state index in [1.165, 1.54) is 33.5 Å². The highest BCUT2D eigenvalue weighted by Gasteiger charge is 2.35. The van der Waals surface area contributed by atoms with Crippen LogP contribution in [-0.2, 0) is 10.2 Å². The molecule has 3 rings (SSSR count). The summed E-state index contributed by atoms with van der Waals surface area (Å²) in [5.41, 5.74) is 1.09. The van der Waals surface area contributed by atoms with Gasteiger partial charge in [0.25, 0.3) is 5.91 Å². The summed E-state index contributed by atoms with van der Waals surface area (Å²) in [7, 11) is 4.52. The smallest absolute Gasteiger partial charge is 0.251 e. The van der Waals surface area contributed by atoms with Gasteiger partial charge in [-0.2, -0.15) is 0 Å². The van der Waals surface area contributed by atoms with E-state index in [4.69, 9.17) is 18.9 Å². The van der Waals surface area contributed by atoms with E-state index >= 15 is 0 Å². The lowest BCUT2D eigenvalue weighted by Crippen LogP contribution is -2.44. The Morgan fingerprint density at radius 3 is 2.14 bits per heavy atom. The van der Waals surface area contributed by atoms with Gasteiger partial charge in [-0.1, -0.05) is 12.1 Å². The standard InChI is InChI=1S/C22H26FNO5/c1-26-18-12-15(13-19(27-2)20(18)28-3)21(25)24-14-22(8-10-29-11-9-22)16-4-6-17(23)7-5-16/h4-7,12-13H,8-11,14H2,1-3H3,(H,24,25). The first kappa shape index (κ1) is 20.9. The lowest BCUT2D eigenvalue weighted by Gasteiger charge is -2.38. The summed E-state index contributed by atoms with van der Waals surface area (Å²) in [6.45, 7) is 1.60. The summed E-state index contributed by atoms with van der Waals surface area (Å²) in [5.74, 6) is 0.723. The van der Waals surface area contributed by atoms with Crippen molar-refractivity contribution in [1.29, 1.82) is 0 Å². The predicted octanol–water partition coefficient (Wildman–Crippen LogP) is 3.33. The molecule has 0 aromatic heterocycles. The molecule has 1 heterocycles. The molecule has 0 unspecified atom stereocenters. The minimum absolute atomic E-state index is 0.253. The fraction of sp³-hybridized carbons (Fsp3) is 0.409. The fourth-order valence-corrected chi connectivity index (χ4v) is 3.70. The van der Waals surface area contributed by atoms with Crippen LogP contribution in [0.3, 0.4) is 0 Å². The molecule has 7 heteroatoms. The SMILES string of the molecule is COc1cc(C(=O)NCC2(c3ccc(F)cc3)CCOCC2)cc(OC)c1OC. The van der Waals surface area contributed by atoms with Gasteiger partial charge in [0.15, 0.2) is 11.5 Å². The minimum atomic E-state index is -0.303. The zero-order valence-corrected chi connectivity index (χ0v) is 16.9. The van der Waals surface area contributed by atoms with Crippen molar-refractivity contribution in [2.75, 3.05) is 41.1 Å². The number of hydrogen-bond acceptors (Lipinski definition) is 5. The average Bonchev–Trinajstić information content (AvgIpc) is 2.77. The summed E-state index contributed by atoms with van der Waals surface area (Å²) in [5, 5.41) is 3.02. The summed E-state index contributed by atoms with van der Waals surface area (Å²) >= 11 is 0. The van der Waals surface area contributed by atoms with E-state index in [9.17, 15) is 9.18 Å². The first-order valence-electron chi connectivity index (χ1n) is 9.45. The molecule has 0 aliphatic carbocycles. The van der Waals surface area contributed by atoms with Crippen molar-refractivity contribution in [3.63, 3.8) is 0 Å². The van der Waals surface area contributed by atoms with E-state index in [-0.39, 0.29) is 17.1 Å². The quantitative estimate of drug-likeness (QED) is 0.768. The molecule has 0 spiro atoms. The first-order valence-corrected chi connectivity index (χ1v) is 9.45. The van der Waals surface area contributed by atoms with Crippen LogP contribution in [0.15, 0.2) is 36.4 Å². The molecule has 0 saturated carbocycles. The Labute approximate surface area is 169 Å². The van der Waals surface area contributed by atoms with Gasteiger partial charge in [0.1, 0.15) is 5.82 Å². The van der Waals surface area contributed by atoms with E-state index in [1.807, 2.05) is 0 Å². The second kappa shape index (κ2) is 9.13. The highest BCUT2D eigenvalue weighted by Crippen LogP contribution is 2.38. The number of benzene rings is 2. The van der Waals surface area contributed by atoms with Crippen LogP contribution in [-0.4, -0.2) is 47.0 Å². The molecule has 1 amide bonds. The molecule has 1 saturated heterocycles. The van der Waals surface area contributed by atoms with Crippen molar-refractivity contribution in [3.05, 3.63) is 53.3 Å². The highest BCUT2D eigenvalue weighted by molar-refractivity contribution is 5.95. The number of amides is 1. The van der Waals surface area contributed by atoms with Gasteiger partial charge in [-0.05, 0) is 42.7 Å². The molecule has 1 N–H and O–H groups in total. The molecule has 0 atom stereocenters. The second-order valence-electron chi connectivity index (χ2n) is 7.00. The van der Waals surface area contributed by atoms with Crippen LogP contribution in [0.4, 0.5) is 4.39 Å². The van der Waals surface area contributed by atoms with Gasteiger partial charge in [0.2, 0.25) is 5.75 Å². The first-order chi connectivity index (χ1) is 14.0. The number of ether oxygens (including phenoxy) is 4. The van der Waals surface area contributed by atoms with E-state index in [0.29, 0.717) is 42.6 Å². The third kappa shape index (κ3) is 4.45. The number of methoxy groups -OCH3 is 3. The number of hydrogen-bond donors (Lipinski definition) is 1. The van der Waals surface area contributed by atoms with Crippen molar-refractivity contribution >= 4 is 5.91 Å². The largest absolute Gasteiger partial charge is 0.493 e. The van der Waals surface area contributed by atoms with Gasteiger partial charge in [-0.25, -0.2) is 4.39 Å². The van der Waals surface area contributed by atoms with Crippen molar-refractivity contribution < 1.29 is 28.1 Å². The van der Waals surface area contributed by atoms with Gasteiger partial charge in [-0.15, -0.1) is 0 Å². The molecule has 2 aromatic rings. The lowest BCUT2D eigenvalue weighted by molar-refractivity contribution is 0.0487. The summed E-state index contributed by atoms with van der Waals surface area (Å²) < 4.78 is 34.9. The molecular formula is C22H26FNO5. The molecule has 29 heavy (non-hydrogen) atoms. The van der Waals surface area contributed by atoms with Crippen molar-refractivity contribution in [3.8, 4) is 17.2 Å². The van der Waals surface area contributed by atoms with Gasteiger partial charge in [-0.3, -0.25) is 4.79 Å². The Morgan fingerprint density at radius 1 is 1.03 bits per heavy atom. The summed E-state index contributed by atoms with van der Waals surface area (Å²) in [4.78, 5) is 12.9. The van der Waals surface area contributed by atoms with Crippen molar-refractivity contribution in [1.82, 2.24) is 5.32 Å². The Kier molecular flexibility index (Phi) is 6.59. The molecule has 0 radical (unpaired) electrons. The predicted molar refractivity (Wildman–Crippen MR) is 107 cm³/mol. The molecule has 6 nitrogen and oxygen atoms in total. The molecule has 156 valence electrons. The van der Waals surface area contributed by atoms with Crippen LogP contribution in [0.5, 0.6) is 17.2 Å². The van der Waals surface area contributed by atoms with Crippen LogP contribution >= 0.6 is 0 Å². The highest BCUT2D eigenvalue weighted by atomic mass is 19.1. The fourth-order valence-electron chi connectivity index (χ4n) is 3.70. The molecular weight excluding hydrogens is 377 g/mol. The number of carbonyl (C=O) groups is 1. The van der Waals surface area contributed by atoms with Crippen LogP contribution < -0.4 is 19.5 Å². The average molecular weight is 403 g/mol. The zero-order chi connectivity index (χ0) is 20.9. The van der Waals surface area contributed by atoms with E-state index < -0.39 is 0 Å². The van der Waals surface area contributed by atoms with Gasteiger partial charge in [0, 0.05) is 30.7 Å². The summed E-state index contributed by atoms with van der Waals surface area (Å²) in [6, 6.07) is 9.70. The van der Waals surface area contributed by atoms with E-state index in [1.54, 1.807) is 24.3 Å². The monoisotopic (exact) mass is 403 g/mol. The molecule has 1 aliphatic heterocycles. The van der Waals surface area contributed by atoms with Crippen LogP contribution in [0.2, 0.25) is 0 Å². The normalized spacial score (nSPS) is 15.4. The van der Waals surface area contributed by atoms with Crippen LogP contribution in [0.25, 0.3) is 0 Å². The third-order valence-corrected chi connectivity index (χ3v) is 5.42. The van der Waals surface area contributed by atoms with Gasteiger partial charge < -0.3 is 24.3 Å². The molecule has 1 fully saturated rings. The molecule has 1 aliphatic rings. The minimum Gasteiger partial charge on any atom is -0.493 e. The van der Waals surface area contributed by atoms with E-state index in [2.05, 4.69) is 5.32 Å². The Bertz CT molecular complexity index is 822. The third-order valence-electron chi connectivity index (χ3n) is 5.42. The van der Waals surface area contributed by atoms with Crippen LogP contribution in [0, 0.1) is 5.82 Å². The molecule has 2 aromatic carbocycles. The van der Waals surface area contributed by atoms with Gasteiger partial charge >= 0.3 is 0 Å². The topological polar surface area (TPSA) is 66.0 Å². The van der Waals surface area contributed by atoms with Crippen LogP contribution in [0.1, 0.15) is 28.8 Å². The Morgan fingerprint density at radius 2 is 1.62 bits per heavy atom. The van der Waals surface area contributed by atoms with Crippen molar-refractivity contribution in [2.45, 2.75) is 18.3 Å². The lowest BCUT2D eigenvalue weighted by atomic mass is 9.74. The number of nitrogens with one attached hydrogen (secondary N) is 1. The Hall–Kier alpha value is -2.80. The maximum absolute atomic E-state index is 13.4. The zero-order valence-electron chi connectivity index (χ0n) is 16.9. The number of carbonyl (C=O) groups excluding carboxylic acids is 1. The number of halogens is 1. The second-order valence-corrected chi connectivity index (χ2v) is 7.00. The summed E-state index contributed by atoms with van der Waals surface area (Å²) in [6.07, 6.45) is 1.49. The van der Waals surface area contributed by atoms with E-state index in [0.717, 1.165) is 18.4 Å². The maximum atomic E-state index is 13.4.